The van der Waals surface area contributed by atoms with Crippen LogP contribution in [-0.4, -0.2) is 32.1 Å². The van der Waals surface area contributed by atoms with Crippen molar-refractivity contribution in [2.75, 3.05) is 11.4 Å². The maximum absolute atomic E-state index is 12.7. The number of hydrogen-bond donors (Lipinski definition) is 0. The van der Waals surface area contributed by atoms with Gasteiger partial charge < -0.3 is 14.0 Å². The minimum Gasteiger partial charge on any atom is -0.339 e. The molecule has 1 amide bonds. The molecule has 0 radical (unpaired) electrons. The summed E-state index contributed by atoms with van der Waals surface area (Å²) in [6, 6.07) is 11.5. The smallest absolute Gasteiger partial charge is 0.272 e. The number of aryl methyl sites for hydroxylation is 4. The lowest BCUT2D eigenvalue weighted by molar-refractivity contribution is -0.117. The molecule has 1 aliphatic rings. The van der Waals surface area contributed by atoms with E-state index in [4.69, 9.17) is 4.52 Å². The molecule has 1 saturated heterocycles. The molecule has 8 nitrogen and oxygen atoms in total. The molecule has 0 N–H and O–H groups in total. The molecule has 3 heterocycles. The predicted molar refractivity (Wildman–Crippen MR) is 121 cm³/mol. The fourth-order valence-electron chi connectivity index (χ4n) is 4.15. The van der Waals surface area contributed by atoms with Crippen molar-refractivity contribution in [3.63, 3.8) is 0 Å². The third kappa shape index (κ3) is 3.28. The maximum atomic E-state index is 12.7. The van der Waals surface area contributed by atoms with Crippen LogP contribution in [0.15, 0.2) is 45.7 Å². The molecule has 32 heavy (non-hydrogen) atoms. The summed E-state index contributed by atoms with van der Waals surface area (Å²) in [5.74, 6) is 0.771. The number of fused-ring (bicyclic) bond motifs is 1. The number of benzene rings is 2. The zero-order chi connectivity index (χ0) is 22.6. The number of rotatable bonds is 3. The Morgan fingerprint density at radius 2 is 1.81 bits per heavy atom. The van der Waals surface area contributed by atoms with Crippen molar-refractivity contribution in [2.45, 2.75) is 33.1 Å². The number of hydrogen-bond acceptors (Lipinski definition) is 6. The highest BCUT2D eigenvalue weighted by Crippen LogP contribution is 2.33. The molecule has 1 aliphatic heterocycles. The van der Waals surface area contributed by atoms with Crippen LogP contribution >= 0.6 is 0 Å². The van der Waals surface area contributed by atoms with Gasteiger partial charge in [0.1, 0.15) is 5.69 Å². The summed E-state index contributed by atoms with van der Waals surface area (Å²) in [5, 5.41) is 4.14. The van der Waals surface area contributed by atoms with Gasteiger partial charge in [0.2, 0.25) is 17.6 Å². The van der Waals surface area contributed by atoms with Gasteiger partial charge in [-0.3, -0.25) is 9.59 Å². The van der Waals surface area contributed by atoms with Gasteiger partial charge in [-0.25, -0.2) is 4.98 Å². The molecule has 0 aliphatic carbocycles. The third-order valence-corrected chi connectivity index (χ3v) is 6.22. The van der Waals surface area contributed by atoms with Crippen LogP contribution in [0.2, 0.25) is 0 Å². The zero-order valence-electron chi connectivity index (χ0n) is 18.4. The molecular formula is C24H23N5O3. The molecular weight excluding hydrogens is 406 g/mol. The van der Waals surface area contributed by atoms with Gasteiger partial charge in [0.05, 0.1) is 17.0 Å². The molecule has 8 heteroatoms. The Balaban J connectivity index is 1.42. The number of amides is 1. The molecule has 1 atom stereocenters. The van der Waals surface area contributed by atoms with E-state index in [1.54, 1.807) is 23.4 Å². The van der Waals surface area contributed by atoms with Gasteiger partial charge in [-0.2, -0.15) is 4.98 Å². The first-order valence-corrected chi connectivity index (χ1v) is 10.5. The number of carbonyl (C=O) groups is 1. The molecule has 0 spiro atoms. The molecule has 5 rings (SSSR count). The largest absolute Gasteiger partial charge is 0.339 e. The molecule has 0 saturated carbocycles. The van der Waals surface area contributed by atoms with Crippen LogP contribution in [-0.2, 0) is 11.8 Å². The second-order valence-electron chi connectivity index (χ2n) is 8.40. The summed E-state index contributed by atoms with van der Waals surface area (Å²) in [5.41, 5.74) is 5.71. The minimum atomic E-state index is -0.160. The second kappa shape index (κ2) is 7.40. The van der Waals surface area contributed by atoms with Crippen LogP contribution in [0.25, 0.3) is 22.4 Å². The Hall–Kier alpha value is -3.81. The van der Waals surface area contributed by atoms with Gasteiger partial charge in [0.25, 0.3) is 5.56 Å². The molecule has 4 aromatic rings. The van der Waals surface area contributed by atoms with Crippen molar-refractivity contribution in [3.05, 3.63) is 69.5 Å². The lowest BCUT2D eigenvalue weighted by atomic mass is 10.1. The summed E-state index contributed by atoms with van der Waals surface area (Å²) in [7, 11) is 1.73. The van der Waals surface area contributed by atoms with Gasteiger partial charge in [-0.1, -0.05) is 11.2 Å². The lowest BCUT2D eigenvalue weighted by Gasteiger charge is -2.17. The van der Waals surface area contributed by atoms with E-state index >= 15 is 0 Å². The van der Waals surface area contributed by atoms with Crippen LogP contribution in [0, 0.1) is 20.8 Å². The first-order chi connectivity index (χ1) is 15.3. The Bertz CT molecular complexity index is 1440. The summed E-state index contributed by atoms with van der Waals surface area (Å²) in [4.78, 5) is 35.5. The number of nitrogens with zero attached hydrogens (tertiary/aromatic N) is 5. The van der Waals surface area contributed by atoms with E-state index in [0.717, 1.165) is 22.3 Å². The third-order valence-electron chi connectivity index (χ3n) is 6.22. The second-order valence-corrected chi connectivity index (χ2v) is 8.40. The van der Waals surface area contributed by atoms with Crippen LogP contribution < -0.4 is 10.5 Å². The SMILES string of the molecule is Cc1ccc(N2C[C@H](c3nc(-c4ccc5c(c4)nc(C)c(=O)n5C)no3)CC2=O)cc1C. The van der Waals surface area contributed by atoms with Crippen molar-refractivity contribution in [3.8, 4) is 11.4 Å². The Kier molecular flexibility index (Phi) is 4.65. The van der Waals surface area contributed by atoms with Gasteiger partial charge in [-0.05, 0) is 62.2 Å². The van der Waals surface area contributed by atoms with Crippen molar-refractivity contribution in [1.29, 1.82) is 0 Å². The monoisotopic (exact) mass is 429 g/mol. The lowest BCUT2D eigenvalue weighted by Crippen LogP contribution is -2.24. The first kappa shape index (κ1) is 20.1. The first-order valence-electron chi connectivity index (χ1n) is 10.5. The van der Waals surface area contributed by atoms with E-state index < -0.39 is 0 Å². The van der Waals surface area contributed by atoms with E-state index in [2.05, 4.69) is 22.0 Å². The molecule has 2 aromatic heterocycles. The van der Waals surface area contributed by atoms with Crippen LogP contribution in [0.3, 0.4) is 0 Å². The zero-order valence-corrected chi connectivity index (χ0v) is 18.4. The molecule has 162 valence electrons. The number of anilines is 1. The number of aromatic nitrogens is 4. The Morgan fingerprint density at radius 1 is 1.00 bits per heavy atom. The van der Waals surface area contributed by atoms with Crippen molar-refractivity contribution in [2.24, 2.45) is 7.05 Å². The standard InChI is InChI=1S/C24H23N5O3/c1-13-5-7-18(9-14(13)2)29-12-17(11-21(29)30)23-26-22(27-32-23)16-6-8-20-19(10-16)25-15(3)24(31)28(20)4/h5-10,17H,11-12H2,1-4H3/t17-/m1/s1. The normalized spacial score (nSPS) is 16.3. The minimum absolute atomic E-state index is 0.0456. The summed E-state index contributed by atoms with van der Waals surface area (Å²) >= 11 is 0. The molecule has 0 bridgehead atoms. The summed E-state index contributed by atoms with van der Waals surface area (Å²) in [6.07, 6.45) is 0.329. The quantitative estimate of drug-likeness (QED) is 0.495. The fraction of sp³-hybridized carbons (Fsp3) is 0.292. The summed E-state index contributed by atoms with van der Waals surface area (Å²) in [6.45, 7) is 6.29. The van der Waals surface area contributed by atoms with Crippen LogP contribution in [0.4, 0.5) is 5.69 Å². The Morgan fingerprint density at radius 3 is 2.59 bits per heavy atom. The van der Waals surface area contributed by atoms with E-state index in [1.807, 2.05) is 43.3 Å². The topological polar surface area (TPSA) is 94.1 Å². The number of carbonyl (C=O) groups excluding carboxylic acids is 1. The average Bonchev–Trinajstić information content (AvgIpc) is 3.41. The summed E-state index contributed by atoms with van der Waals surface area (Å²) < 4.78 is 7.12. The van der Waals surface area contributed by atoms with Crippen molar-refractivity contribution in [1.82, 2.24) is 19.7 Å². The maximum Gasteiger partial charge on any atom is 0.272 e. The highest BCUT2D eigenvalue weighted by molar-refractivity contribution is 5.96. The van der Waals surface area contributed by atoms with Crippen molar-refractivity contribution < 1.29 is 9.32 Å². The highest BCUT2D eigenvalue weighted by Gasteiger charge is 2.35. The van der Waals surface area contributed by atoms with Crippen LogP contribution in [0.5, 0.6) is 0 Å². The highest BCUT2D eigenvalue weighted by atomic mass is 16.5. The van der Waals surface area contributed by atoms with Gasteiger partial charge >= 0.3 is 0 Å². The molecule has 0 unspecified atom stereocenters. The van der Waals surface area contributed by atoms with E-state index in [9.17, 15) is 9.59 Å². The van der Waals surface area contributed by atoms with Crippen LogP contribution in [0.1, 0.15) is 35.1 Å². The molecule has 1 fully saturated rings. The predicted octanol–water partition coefficient (Wildman–Crippen LogP) is 3.43. The average molecular weight is 429 g/mol. The van der Waals surface area contributed by atoms with E-state index in [1.165, 1.54) is 5.56 Å². The Labute approximate surface area is 184 Å². The fourth-order valence-corrected chi connectivity index (χ4v) is 4.15. The van der Waals surface area contributed by atoms with E-state index in [0.29, 0.717) is 35.9 Å². The molecule has 2 aromatic carbocycles. The van der Waals surface area contributed by atoms with Gasteiger partial charge in [0, 0.05) is 31.3 Å². The van der Waals surface area contributed by atoms with Gasteiger partial charge in [0.15, 0.2) is 0 Å². The van der Waals surface area contributed by atoms with Gasteiger partial charge in [-0.15, -0.1) is 0 Å². The van der Waals surface area contributed by atoms with E-state index in [-0.39, 0.29) is 17.4 Å². The van der Waals surface area contributed by atoms with Crippen molar-refractivity contribution >= 4 is 22.6 Å².